The number of carbonyl (C=O) groups is 2. The Kier molecular flexibility index (Phi) is 4.72. The number of rotatable bonds is 2. The van der Waals surface area contributed by atoms with Crippen LogP contribution in [0.1, 0.15) is 63.1 Å². The van der Waals surface area contributed by atoms with E-state index in [1.165, 1.54) is 34.7 Å². The number of benzene rings is 2. The molecule has 0 bridgehead atoms. The minimum atomic E-state index is -0.555. The molecule has 2 fully saturated rings. The lowest BCUT2D eigenvalue weighted by Crippen LogP contribution is -2.41. The standard InChI is InChI=1S/C28H29N3O4/c1-28(2,3)15-8-13-18-20(14-15)23-24(25-22(18)19-6-4-5-7-21(19)29-25)27(33)30(26(23)32)16-9-11-17(12-10-16)31(34)35/h4-7,9-12,15,18,20,23-24,29H,8,13-14H2,1-3H3/t15-,18-,20+,23+,24-/m0/s1. The number of nitro benzene ring substituents is 1. The van der Waals surface area contributed by atoms with Crippen LogP contribution in [-0.2, 0) is 9.59 Å². The van der Waals surface area contributed by atoms with Gasteiger partial charge in [0.1, 0.15) is 0 Å². The van der Waals surface area contributed by atoms with Gasteiger partial charge in [-0.2, -0.15) is 0 Å². The van der Waals surface area contributed by atoms with E-state index >= 15 is 0 Å². The van der Waals surface area contributed by atoms with Crippen molar-refractivity contribution < 1.29 is 14.5 Å². The molecule has 1 aliphatic heterocycles. The highest BCUT2D eigenvalue weighted by Gasteiger charge is 2.59. The number of imide groups is 1. The molecule has 1 N–H and O–H groups in total. The number of aromatic nitrogens is 1. The molecule has 2 aromatic carbocycles. The van der Waals surface area contributed by atoms with Crippen LogP contribution in [0, 0.1) is 33.3 Å². The zero-order valence-electron chi connectivity index (χ0n) is 20.2. The summed E-state index contributed by atoms with van der Waals surface area (Å²) in [4.78, 5) is 43.3. The van der Waals surface area contributed by atoms with Crippen LogP contribution in [0.3, 0.4) is 0 Å². The summed E-state index contributed by atoms with van der Waals surface area (Å²) in [5.41, 5.74) is 3.56. The Balaban J connectivity index is 1.49. The molecule has 7 nitrogen and oxygen atoms in total. The van der Waals surface area contributed by atoms with Gasteiger partial charge in [0.15, 0.2) is 0 Å². The Bertz CT molecular complexity index is 1370. The van der Waals surface area contributed by atoms with E-state index in [1.54, 1.807) is 0 Å². The van der Waals surface area contributed by atoms with Gasteiger partial charge >= 0.3 is 0 Å². The number of nitrogens with zero attached hydrogens (tertiary/aromatic N) is 2. The summed E-state index contributed by atoms with van der Waals surface area (Å²) in [6, 6.07) is 13.9. The monoisotopic (exact) mass is 471 g/mol. The number of hydrogen-bond acceptors (Lipinski definition) is 4. The van der Waals surface area contributed by atoms with Crippen LogP contribution in [-0.4, -0.2) is 21.7 Å². The van der Waals surface area contributed by atoms with Crippen molar-refractivity contribution in [1.82, 2.24) is 4.98 Å². The molecule has 3 aliphatic rings. The van der Waals surface area contributed by atoms with Crippen LogP contribution < -0.4 is 4.90 Å². The highest BCUT2D eigenvalue weighted by atomic mass is 16.6. The maximum atomic E-state index is 14.0. The number of amides is 2. The molecule has 5 atom stereocenters. The largest absolute Gasteiger partial charge is 0.357 e. The van der Waals surface area contributed by atoms with Crippen molar-refractivity contribution in [3.8, 4) is 0 Å². The summed E-state index contributed by atoms with van der Waals surface area (Å²) in [5, 5.41) is 12.3. The van der Waals surface area contributed by atoms with E-state index in [9.17, 15) is 19.7 Å². The summed E-state index contributed by atoms with van der Waals surface area (Å²) >= 11 is 0. The first-order chi connectivity index (χ1) is 16.7. The van der Waals surface area contributed by atoms with Crippen LogP contribution >= 0.6 is 0 Å². The van der Waals surface area contributed by atoms with Crippen molar-refractivity contribution in [3.05, 3.63) is 69.9 Å². The zero-order valence-corrected chi connectivity index (χ0v) is 20.2. The molecule has 3 aromatic rings. The molecule has 2 heterocycles. The van der Waals surface area contributed by atoms with Gasteiger partial charge in [0.05, 0.1) is 22.4 Å². The molecule has 1 saturated carbocycles. The van der Waals surface area contributed by atoms with E-state index in [2.05, 4.69) is 31.8 Å². The van der Waals surface area contributed by atoms with Crippen molar-refractivity contribution in [1.29, 1.82) is 0 Å². The summed E-state index contributed by atoms with van der Waals surface area (Å²) in [6.45, 7) is 6.79. The molecule has 7 heteroatoms. The van der Waals surface area contributed by atoms with Gasteiger partial charge in [-0.15, -0.1) is 0 Å². The average Bonchev–Trinajstić information content (AvgIpc) is 3.33. The Morgan fingerprint density at radius 2 is 1.71 bits per heavy atom. The molecule has 2 amide bonds. The number of non-ortho nitro benzene ring substituents is 1. The predicted octanol–water partition coefficient (Wildman–Crippen LogP) is 5.91. The van der Waals surface area contributed by atoms with Crippen molar-refractivity contribution in [2.75, 3.05) is 4.90 Å². The first-order valence-electron chi connectivity index (χ1n) is 12.4. The van der Waals surface area contributed by atoms with Gasteiger partial charge in [0.25, 0.3) is 5.69 Å². The SMILES string of the molecule is CC(C)(C)[C@H]1CC[C@@H]2c3c([nH]c4ccccc34)[C@H]3C(=O)N(c4ccc([N+](=O)[O-])cc4)C(=O)[C@@H]3[C@@H]2C1. The van der Waals surface area contributed by atoms with Gasteiger partial charge in [-0.25, -0.2) is 4.90 Å². The smallest absolute Gasteiger partial charge is 0.269 e. The van der Waals surface area contributed by atoms with Crippen LogP contribution in [0.4, 0.5) is 11.4 Å². The van der Waals surface area contributed by atoms with Gasteiger partial charge in [0, 0.05) is 28.7 Å². The number of carbonyl (C=O) groups excluding carboxylic acids is 2. The molecular formula is C28H29N3O4. The van der Waals surface area contributed by atoms with Crippen molar-refractivity contribution in [2.45, 2.75) is 51.9 Å². The number of anilines is 1. The zero-order chi connectivity index (χ0) is 24.6. The second kappa shape index (κ2) is 7.51. The minimum absolute atomic E-state index is 0.0662. The van der Waals surface area contributed by atoms with E-state index < -0.39 is 16.8 Å². The maximum absolute atomic E-state index is 14.0. The minimum Gasteiger partial charge on any atom is -0.357 e. The topological polar surface area (TPSA) is 96.3 Å². The number of aromatic amines is 1. The van der Waals surface area contributed by atoms with Crippen LogP contribution in [0.5, 0.6) is 0 Å². The van der Waals surface area contributed by atoms with Gasteiger partial charge in [0.2, 0.25) is 11.8 Å². The number of fused-ring (bicyclic) bond motifs is 8. The fourth-order valence-corrected chi connectivity index (χ4v) is 6.98. The summed E-state index contributed by atoms with van der Waals surface area (Å²) < 4.78 is 0. The van der Waals surface area contributed by atoms with E-state index in [-0.39, 0.29) is 34.8 Å². The molecule has 1 aromatic heterocycles. The third kappa shape index (κ3) is 3.17. The molecule has 0 radical (unpaired) electrons. The molecule has 180 valence electrons. The lowest BCUT2D eigenvalue weighted by molar-refractivity contribution is -0.384. The lowest BCUT2D eigenvalue weighted by atomic mass is 9.56. The summed E-state index contributed by atoms with van der Waals surface area (Å²) in [5.74, 6) is -0.597. The summed E-state index contributed by atoms with van der Waals surface area (Å²) in [6.07, 6.45) is 3.03. The number of para-hydroxylation sites is 1. The van der Waals surface area contributed by atoms with Gasteiger partial charge < -0.3 is 4.98 Å². The Hall–Kier alpha value is -3.48. The van der Waals surface area contributed by atoms with Crippen molar-refractivity contribution >= 4 is 34.1 Å². The first-order valence-corrected chi connectivity index (χ1v) is 12.4. The van der Waals surface area contributed by atoms with Crippen LogP contribution in [0.2, 0.25) is 0 Å². The Labute approximate surface area is 203 Å². The van der Waals surface area contributed by atoms with Crippen LogP contribution in [0.25, 0.3) is 10.9 Å². The third-order valence-corrected chi connectivity index (χ3v) is 8.71. The molecule has 0 spiro atoms. The first kappa shape index (κ1) is 22.0. The molecule has 1 saturated heterocycles. The van der Waals surface area contributed by atoms with Gasteiger partial charge in [-0.05, 0) is 66.2 Å². The van der Waals surface area contributed by atoms with E-state index in [0.717, 1.165) is 35.9 Å². The molecule has 35 heavy (non-hydrogen) atoms. The van der Waals surface area contributed by atoms with E-state index in [1.807, 2.05) is 18.2 Å². The number of hydrogen-bond donors (Lipinski definition) is 1. The fourth-order valence-electron chi connectivity index (χ4n) is 6.98. The van der Waals surface area contributed by atoms with Crippen molar-refractivity contribution in [2.24, 2.45) is 23.2 Å². The predicted molar refractivity (Wildman–Crippen MR) is 133 cm³/mol. The average molecular weight is 472 g/mol. The number of H-pyrrole nitrogens is 1. The molecule has 6 rings (SSSR count). The molecular weight excluding hydrogens is 442 g/mol. The second-order valence-electron chi connectivity index (χ2n) is 11.4. The number of nitro groups is 1. The van der Waals surface area contributed by atoms with Crippen LogP contribution in [0.15, 0.2) is 48.5 Å². The highest BCUT2D eigenvalue weighted by Crippen LogP contribution is 2.60. The van der Waals surface area contributed by atoms with E-state index in [0.29, 0.717) is 11.6 Å². The molecule has 2 aliphatic carbocycles. The number of nitrogens with one attached hydrogen (secondary N) is 1. The van der Waals surface area contributed by atoms with Gasteiger partial charge in [-0.1, -0.05) is 39.0 Å². The Morgan fingerprint density at radius 3 is 2.40 bits per heavy atom. The fraction of sp³-hybridized carbons (Fsp3) is 0.429. The quantitative estimate of drug-likeness (QED) is 0.285. The van der Waals surface area contributed by atoms with Crippen molar-refractivity contribution in [3.63, 3.8) is 0 Å². The Morgan fingerprint density at radius 1 is 1.00 bits per heavy atom. The van der Waals surface area contributed by atoms with Gasteiger partial charge in [-0.3, -0.25) is 19.7 Å². The second-order valence-corrected chi connectivity index (χ2v) is 11.4. The molecule has 0 unspecified atom stereocenters. The highest BCUT2D eigenvalue weighted by molar-refractivity contribution is 6.24. The normalized spacial score (nSPS) is 28.1. The lowest BCUT2D eigenvalue weighted by Gasteiger charge is -2.47. The third-order valence-electron chi connectivity index (χ3n) is 8.71. The van der Waals surface area contributed by atoms with E-state index in [4.69, 9.17) is 0 Å². The summed E-state index contributed by atoms with van der Waals surface area (Å²) in [7, 11) is 0. The maximum Gasteiger partial charge on any atom is 0.269 e.